The zero-order chi connectivity index (χ0) is 11.1. The van der Waals surface area contributed by atoms with E-state index >= 15 is 0 Å². The third-order valence-corrected chi connectivity index (χ3v) is 1.79. The molecule has 0 spiro atoms. The van der Waals surface area contributed by atoms with Gasteiger partial charge in [-0.2, -0.15) is 0 Å². The number of rotatable bonds is 4. The molecule has 0 aromatic heterocycles. The Kier molecular flexibility index (Phi) is 4.16. The van der Waals surface area contributed by atoms with Gasteiger partial charge in [-0.3, -0.25) is 0 Å². The van der Waals surface area contributed by atoms with Crippen molar-refractivity contribution >= 4 is 17.9 Å². The van der Waals surface area contributed by atoms with Crippen LogP contribution in [-0.2, 0) is 9.53 Å². The molecule has 77 valence electrons. The van der Waals surface area contributed by atoms with Gasteiger partial charge in [0.05, 0.1) is 0 Å². The van der Waals surface area contributed by atoms with Crippen LogP contribution in [0.5, 0.6) is 0 Å². The van der Waals surface area contributed by atoms with E-state index in [0.29, 0.717) is 11.4 Å². The number of anilines is 1. The van der Waals surface area contributed by atoms with Crippen molar-refractivity contribution in [1.29, 1.82) is 0 Å². The second-order valence-corrected chi connectivity index (χ2v) is 2.86. The summed E-state index contributed by atoms with van der Waals surface area (Å²) in [6.45, 7) is 3.28. The Balaban J connectivity index is 2.98. The summed E-state index contributed by atoms with van der Waals surface area (Å²) < 4.78 is 4.73. The Morgan fingerprint density at radius 2 is 2.07 bits per heavy atom. The van der Waals surface area contributed by atoms with E-state index in [0.717, 1.165) is 5.56 Å². The Hall–Kier alpha value is -2.03. The Labute approximate surface area is 88.9 Å². The van der Waals surface area contributed by atoms with Crippen LogP contribution in [0.3, 0.4) is 0 Å². The molecule has 0 fully saturated rings. The van der Waals surface area contributed by atoms with Gasteiger partial charge in [-0.05, 0) is 37.3 Å². The summed E-state index contributed by atoms with van der Waals surface area (Å²) in [7, 11) is 0. The average Bonchev–Trinajstić information content (AvgIpc) is 2.25. The molecule has 3 nitrogen and oxygen atoms in total. The highest BCUT2D eigenvalue weighted by molar-refractivity contribution is 5.68. The van der Waals surface area contributed by atoms with Gasteiger partial charge >= 0.3 is 6.47 Å². The van der Waals surface area contributed by atoms with Crippen LogP contribution in [0, 0.1) is 0 Å². The molecule has 0 amide bonds. The van der Waals surface area contributed by atoms with Crippen LogP contribution in [0.1, 0.15) is 12.5 Å². The number of nitrogens with two attached hydrogens (primary N) is 1. The summed E-state index contributed by atoms with van der Waals surface area (Å²) in [6.07, 6.45) is 5.31. The molecule has 2 N–H and O–H groups in total. The maximum absolute atomic E-state index is 10.2. The molecule has 0 aliphatic rings. The third-order valence-electron chi connectivity index (χ3n) is 1.79. The van der Waals surface area contributed by atoms with E-state index in [-0.39, 0.29) is 0 Å². The van der Waals surface area contributed by atoms with Crippen molar-refractivity contribution in [2.45, 2.75) is 6.92 Å². The molecular weight excluding hydrogens is 190 g/mol. The summed E-state index contributed by atoms with van der Waals surface area (Å²) in [6, 6.07) is 7.05. The van der Waals surface area contributed by atoms with Crippen LogP contribution in [0.4, 0.5) is 5.69 Å². The molecule has 3 heteroatoms. The highest BCUT2D eigenvalue weighted by atomic mass is 16.5. The van der Waals surface area contributed by atoms with E-state index in [1.54, 1.807) is 36.4 Å². The summed E-state index contributed by atoms with van der Waals surface area (Å²) in [5, 5.41) is 0. The first-order chi connectivity index (χ1) is 7.27. The van der Waals surface area contributed by atoms with Crippen LogP contribution in [0.15, 0.2) is 42.5 Å². The van der Waals surface area contributed by atoms with Crippen LogP contribution in [0.25, 0.3) is 5.76 Å². The number of allylic oxidation sites excluding steroid dienone is 3. The monoisotopic (exact) mass is 202 g/mol. The fourth-order valence-electron chi connectivity index (χ4n) is 1.07. The summed E-state index contributed by atoms with van der Waals surface area (Å²) in [5.41, 5.74) is 7.00. The van der Waals surface area contributed by atoms with E-state index in [9.17, 15) is 4.79 Å². The van der Waals surface area contributed by atoms with Gasteiger partial charge in [0.25, 0.3) is 0 Å². The molecule has 0 heterocycles. The fraction of sp³-hybridized carbons (Fsp3) is 0.0833. The lowest BCUT2D eigenvalue weighted by Crippen LogP contribution is -1.91. The third kappa shape index (κ3) is 3.31. The van der Waals surface area contributed by atoms with Gasteiger partial charge in [0, 0.05) is 11.3 Å². The lowest BCUT2D eigenvalue weighted by molar-refractivity contribution is 0.418. The van der Waals surface area contributed by atoms with E-state index in [1.165, 1.54) is 6.47 Å². The van der Waals surface area contributed by atoms with Gasteiger partial charge in [-0.25, -0.2) is 4.79 Å². The van der Waals surface area contributed by atoms with Crippen molar-refractivity contribution in [2.75, 3.05) is 5.73 Å². The minimum Gasteiger partial charge on any atom is -0.417 e. The number of benzene rings is 1. The molecule has 0 unspecified atom stereocenters. The smallest absolute Gasteiger partial charge is 0.417 e. The molecule has 0 saturated heterocycles. The lowest BCUT2D eigenvalue weighted by Gasteiger charge is -2.03. The predicted octanol–water partition coefficient (Wildman–Crippen LogP) is 2.27. The van der Waals surface area contributed by atoms with Gasteiger partial charge < -0.3 is 10.5 Å². The normalized spacial score (nSPS) is 11.7. The van der Waals surface area contributed by atoms with Crippen LogP contribution in [0.2, 0.25) is 0 Å². The molecule has 0 atom stereocenters. The van der Waals surface area contributed by atoms with Gasteiger partial charge in [0.15, 0.2) is 0 Å². The van der Waals surface area contributed by atoms with Crippen molar-refractivity contribution < 1.29 is 9.53 Å². The van der Waals surface area contributed by atoms with Crippen molar-refractivity contribution in [3.8, 4) is 0 Å². The minimum absolute atomic E-state index is 0.447. The van der Waals surface area contributed by atoms with E-state index in [4.69, 9.17) is 10.5 Å². The topological polar surface area (TPSA) is 52.3 Å². The lowest BCUT2D eigenvalue weighted by atomic mass is 10.1. The Morgan fingerprint density at radius 1 is 1.40 bits per heavy atom. The van der Waals surface area contributed by atoms with E-state index < -0.39 is 0 Å². The van der Waals surface area contributed by atoms with Crippen molar-refractivity contribution in [2.24, 2.45) is 0 Å². The van der Waals surface area contributed by atoms with Crippen molar-refractivity contribution in [3.05, 3.63) is 48.1 Å². The molecule has 1 radical (unpaired) electrons. The number of hydrogen-bond donors (Lipinski definition) is 1. The minimum atomic E-state index is 0.447. The summed E-state index contributed by atoms with van der Waals surface area (Å²) >= 11 is 0. The molecule has 1 aromatic carbocycles. The first kappa shape index (κ1) is 11.0. The second kappa shape index (κ2) is 5.65. The number of nitrogen functional groups attached to an aromatic ring is 1. The fourth-order valence-corrected chi connectivity index (χ4v) is 1.07. The molecule has 0 bridgehead atoms. The number of carbonyl (C=O) groups excluding carboxylic acids is 1. The summed E-state index contributed by atoms with van der Waals surface area (Å²) in [5.74, 6) is 0.447. The zero-order valence-electron chi connectivity index (χ0n) is 8.44. The second-order valence-electron chi connectivity index (χ2n) is 2.86. The van der Waals surface area contributed by atoms with Crippen molar-refractivity contribution in [1.82, 2.24) is 0 Å². The van der Waals surface area contributed by atoms with Crippen LogP contribution in [-0.4, -0.2) is 6.47 Å². The molecule has 1 aromatic rings. The molecular formula is C12H12NO2. The first-order valence-corrected chi connectivity index (χ1v) is 4.51. The first-order valence-electron chi connectivity index (χ1n) is 4.51. The number of ether oxygens (including phenoxy) is 1. The molecule has 0 aliphatic heterocycles. The molecule has 1 rings (SSSR count). The van der Waals surface area contributed by atoms with E-state index in [2.05, 4.69) is 0 Å². The predicted molar refractivity (Wildman–Crippen MR) is 60.4 cm³/mol. The molecule has 15 heavy (non-hydrogen) atoms. The maximum atomic E-state index is 10.2. The van der Waals surface area contributed by atoms with Gasteiger partial charge in [0.1, 0.15) is 5.76 Å². The van der Waals surface area contributed by atoms with E-state index in [1.807, 2.05) is 13.0 Å². The molecule has 0 aliphatic carbocycles. The highest BCUT2D eigenvalue weighted by Gasteiger charge is 2.01. The summed E-state index contributed by atoms with van der Waals surface area (Å²) in [4.78, 5) is 10.2. The van der Waals surface area contributed by atoms with Gasteiger partial charge in [0.2, 0.25) is 0 Å². The standard InChI is InChI=1S/C12H12NO2/c1-2-3-4-12(15-9-14)10-5-7-11(13)8-6-10/h2-8H,13H2,1H3/b3-2+,12-4+. The SMILES string of the molecule is C/C=C/C=C(/O[C]=O)c1ccc(N)cc1. The zero-order valence-corrected chi connectivity index (χ0v) is 8.44. The quantitative estimate of drug-likeness (QED) is 0.463. The van der Waals surface area contributed by atoms with Crippen LogP contribution < -0.4 is 5.73 Å². The Bertz CT molecular complexity index is 377. The Morgan fingerprint density at radius 3 is 2.60 bits per heavy atom. The largest absolute Gasteiger partial charge is 0.423 e. The molecule has 0 saturated carbocycles. The van der Waals surface area contributed by atoms with Gasteiger partial charge in [-0.15, -0.1) is 0 Å². The van der Waals surface area contributed by atoms with Crippen LogP contribution >= 0.6 is 0 Å². The number of hydrogen-bond acceptors (Lipinski definition) is 3. The average molecular weight is 202 g/mol. The highest BCUT2D eigenvalue weighted by Crippen LogP contribution is 2.16. The van der Waals surface area contributed by atoms with Gasteiger partial charge in [-0.1, -0.05) is 12.2 Å². The maximum Gasteiger partial charge on any atom is 0.423 e. The van der Waals surface area contributed by atoms with Crippen molar-refractivity contribution in [3.63, 3.8) is 0 Å².